The van der Waals surface area contributed by atoms with Gasteiger partial charge in [-0.3, -0.25) is 0 Å². The van der Waals surface area contributed by atoms with Crippen molar-refractivity contribution in [1.29, 1.82) is 0 Å². The summed E-state index contributed by atoms with van der Waals surface area (Å²) in [6, 6.07) is 1.04. The van der Waals surface area contributed by atoms with Gasteiger partial charge in [0.1, 0.15) is 5.82 Å². The minimum absolute atomic E-state index is 0.376. The van der Waals surface area contributed by atoms with Crippen molar-refractivity contribution in [3.8, 4) is 0 Å². The van der Waals surface area contributed by atoms with Crippen molar-refractivity contribution < 1.29 is 22.7 Å². The highest BCUT2D eigenvalue weighted by Gasteiger charge is 2.22. The maximum absolute atomic E-state index is 13.5. The molecule has 5 nitrogen and oxygen atoms in total. The molecule has 1 aromatic rings. The highest BCUT2D eigenvalue weighted by atomic mass is 35.5. The lowest BCUT2D eigenvalue weighted by atomic mass is 10.2. The van der Waals surface area contributed by atoms with E-state index in [0.29, 0.717) is 12.5 Å². The molecular weight excluding hydrogens is 309 g/mol. The molecule has 0 bridgehead atoms. The molecule has 0 amide bonds. The van der Waals surface area contributed by atoms with Gasteiger partial charge in [0.05, 0.1) is 15.5 Å². The van der Waals surface area contributed by atoms with E-state index in [4.69, 9.17) is 16.7 Å². The molecule has 0 aliphatic heterocycles. The van der Waals surface area contributed by atoms with Crippen LogP contribution in [-0.4, -0.2) is 25.5 Å². The number of benzene rings is 1. The minimum atomic E-state index is -4.04. The van der Waals surface area contributed by atoms with Crippen LogP contribution in [0.2, 0.25) is 5.02 Å². The highest BCUT2D eigenvalue weighted by Crippen LogP contribution is 2.24. The fourth-order valence-electron chi connectivity index (χ4n) is 1.51. The van der Waals surface area contributed by atoms with Crippen molar-refractivity contribution in [2.45, 2.75) is 24.3 Å². The van der Waals surface area contributed by atoms with Crippen LogP contribution < -0.4 is 4.72 Å². The van der Waals surface area contributed by atoms with Gasteiger partial charge in [-0.15, -0.1) is 6.58 Å². The zero-order chi connectivity index (χ0) is 15.5. The molecule has 0 aromatic heterocycles. The molecule has 0 aliphatic carbocycles. The summed E-state index contributed by atoms with van der Waals surface area (Å²) < 4.78 is 39.8. The summed E-state index contributed by atoms with van der Waals surface area (Å²) in [6.45, 7) is 5.08. The average Bonchev–Trinajstić information content (AvgIpc) is 2.31. The quantitative estimate of drug-likeness (QED) is 0.788. The van der Waals surface area contributed by atoms with Crippen LogP contribution in [0.3, 0.4) is 0 Å². The maximum atomic E-state index is 13.5. The van der Waals surface area contributed by atoms with Gasteiger partial charge >= 0.3 is 5.97 Å². The molecule has 0 fully saturated rings. The van der Waals surface area contributed by atoms with Gasteiger partial charge in [-0.25, -0.2) is 22.3 Å². The standard InChI is InChI=1S/C12H13ClFNO4S/c1-3-4-7(2)15-20(18,19)8-5-9(12(16)17)11(13)10(14)6-8/h3,5-7,15H,1,4H2,2H3,(H,16,17). The topological polar surface area (TPSA) is 83.5 Å². The van der Waals surface area contributed by atoms with Gasteiger partial charge in [0.2, 0.25) is 10.0 Å². The van der Waals surface area contributed by atoms with Crippen molar-refractivity contribution in [1.82, 2.24) is 4.72 Å². The number of aromatic carboxylic acids is 1. The molecule has 0 saturated carbocycles. The third-order valence-corrected chi connectivity index (χ3v) is 4.37. The lowest BCUT2D eigenvalue weighted by Gasteiger charge is -2.13. The van der Waals surface area contributed by atoms with Crippen LogP contribution in [0.25, 0.3) is 0 Å². The summed E-state index contributed by atoms with van der Waals surface area (Å²) in [5.74, 6) is -2.62. The van der Waals surface area contributed by atoms with Gasteiger partial charge in [-0.05, 0) is 25.5 Å². The summed E-state index contributed by atoms with van der Waals surface area (Å²) in [6.07, 6.45) is 1.90. The van der Waals surface area contributed by atoms with E-state index in [9.17, 15) is 17.6 Å². The Morgan fingerprint density at radius 3 is 2.70 bits per heavy atom. The molecule has 1 unspecified atom stereocenters. The van der Waals surface area contributed by atoms with Crippen LogP contribution in [0.15, 0.2) is 29.7 Å². The van der Waals surface area contributed by atoms with Gasteiger partial charge in [0.15, 0.2) is 0 Å². The summed E-state index contributed by atoms with van der Waals surface area (Å²) >= 11 is 5.48. The average molecular weight is 322 g/mol. The Balaban J connectivity index is 3.26. The number of carboxylic acids is 1. The van der Waals surface area contributed by atoms with Crippen LogP contribution >= 0.6 is 11.6 Å². The zero-order valence-electron chi connectivity index (χ0n) is 10.6. The van der Waals surface area contributed by atoms with E-state index in [0.717, 1.165) is 6.07 Å². The largest absolute Gasteiger partial charge is 0.478 e. The van der Waals surface area contributed by atoms with Gasteiger partial charge in [-0.1, -0.05) is 17.7 Å². The lowest BCUT2D eigenvalue weighted by molar-refractivity contribution is 0.0696. The number of carbonyl (C=O) groups is 1. The van der Waals surface area contributed by atoms with Crippen molar-refractivity contribution in [2.24, 2.45) is 0 Å². The molecule has 8 heteroatoms. The first-order valence-corrected chi connectivity index (χ1v) is 7.40. The van der Waals surface area contributed by atoms with Gasteiger partial charge < -0.3 is 5.11 Å². The van der Waals surface area contributed by atoms with Crippen LogP contribution in [0.4, 0.5) is 4.39 Å². The first kappa shape index (κ1) is 16.6. The lowest BCUT2D eigenvalue weighted by Crippen LogP contribution is -2.32. The summed E-state index contributed by atoms with van der Waals surface area (Å²) in [5, 5.41) is 8.24. The van der Waals surface area contributed by atoms with E-state index < -0.39 is 43.3 Å². The van der Waals surface area contributed by atoms with Crippen LogP contribution in [-0.2, 0) is 10.0 Å². The van der Waals surface area contributed by atoms with Crippen molar-refractivity contribution >= 4 is 27.6 Å². The maximum Gasteiger partial charge on any atom is 0.337 e. The van der Waals surface area contributed by atoms with E-state index in [1.165, 1.54) is 6.08 Å². The molecule has 1 rings (SSSR count). The second-order valence-electron chi connectivity index (χ2n) is 4.12. The number of nitrogens with one attached hydrogen (secondary N) is 1. The monoisotopic (exact) mass is 321 g/mol. The van der Waals surface area contributed by atoms with E-state index >= 15 is 0 Å². The number of hydrogen-bond acceptors (Lipinski definition) is 3. The molecule has 0 spiro atoms. The molecule has 0 radical (unpaired) electrons. The molecule has 110 valence electrons. The number of sulfonamides is 1. The fourth-order valence-corrected chi connectivity index (χ4v) is 2.99. The van der Waals surface area contributed by atoms with E-state index in [-0.39, 0.29) is 0 Å². The Hall–Kier alpha value is -1.44. The Bertz CT molecular complexity index is 645. The number of rotatable bonds is 6. The third kappa shape index (κ3) is 3.78. The normalized spacial score (nSPS) is 12.9. The van der Waals surface area contributed by atoms with Crippen LogP contribution in [0.1, 0.15) is 23.7 Å². The molecule has 0 heterocycles. The van der Waals surface area contributed by atoms with E-state index in [2.05, 4.69) is 11.3 Å². The van der Waals surface area contributed by atoms with Crippen molar-refractivity contribution in [2.75, 3.05) is 0 Å². The predicted octanol–water partition coefficient (Wildman–Crippen LogP) is 2.42. The van der Waals surface area contributed by atoms with Crippen LogP contribution in [0.5, 0.6) is 0 Å². The van der Waals surface area contributed by atoms with E-state index in [1.807, 2.05) is 0 Å². The van der Waals surface area contributed by atoms with Gasteiger partial charge in [0, 0.05) is 6.04 Å². The Labute approximate surface area is 121 Å². The molecule has 1 atom stereocenters. The van der Waals surface area contributed by atoms with Crippen molar-refractivity contribution in [3.05, 3.63) is 41.2 Å². The molecular formula is C12H13ClFNO4S. The fraction of sp³-hybridized carbons (Fsp3) is 0.250. The second kappa shape index (κ2) is 6.34. The predicted molar refractivity (Wildman–Crippen MR) is 73.0 cm³/mol. The molecule has 2 N–H and O–H groups in total. The van der Waals surface area contributed by atoms with Gasteiger partial charge in [0.25, 0.3) is 0 Å². The number of halogens is 2. The SMILES string of the molecule is C=CCC(C)NS(=O)(=O)c1cc(F)c(Cl)c(C(=O)O)c1. The van der Waals surface area contributed by atoms with Gasteiger partial charge in [-0.2, -0.15) is 0 Å². The van der Waals surface area contributed by atoms with Crippen LogP contribution in [0, 0.1) is 5.82 Å². The minimum Gasteiger partial charge on any atom is -0.478 e. The Kier molecular flexibility index (Phi) is 5.27. The molecule has 0 aliphatic rings. The first-order valence-electron chi connectivity index (χ1n) is 5.54. The highest BCUT2D eigenvalue weighted by molar-refractivity contribution is 7.89. The second-order valence-corrected chi connectivity index (χ2v) is 6.21. The summed E-state index contributed by atoms with van der Waals surface area (Å²) in [5.41, 5.74) is -0.608. The summed E-state index contributed by atoms with van der Waals surface area (Å²) in [4.78, 5) is 10.4. The molecule has 1 aromatic carbocycles. The van der Waals surface area contributed by atoms with E-state index in [1.54, 1.807) is 6.92 Å². The van der Waals surface area contributed by atoms with Crippen molar-refractivity contribution in [3.63, 3.8) is 0 Å². The third-order valence-electron chi connectivity index (χ3n) is 2.42. The Morgan fingerprint density at radius 1 is 1.60 bits per heavy atom. The summed E-state index contributed by atoms with van der Waals surface area (Å²) in [7, 11) is -4.04. The smallest absolute Gasteiger partial charge is 0.337 e. The molecule has 0 saturated heterocycles. The Morgan fingerprint density at radius 2 is 2.20 bits per heavy atom. The number of hydrogen-bond donors (Lipinski definition) is 2. The molecule has 20 heavy (non-hydrogen) atoms. The zero-order valence-corrected chi connectivity index (χ0v) is 12.1. The number of carboxylic acid groups (broad SMARTS) is 1. The first-order chi connectivity index (χ1) is 9.19.